The fourth-order valence-corrected chi connectivity index (χ4v) is 1.81. The minimum Gasteiger partial charge on any atom is -0.294 e. The second kappa shape index (κ2) is 3.16. The van der Waals surface area contributed by atoms with Gasteiger partial charge in [0.15, 0.2) is 5.78 Å². The number of nitrogens with zero attached hydrogens (tertiary/aromatic N) is 1. The Bertz CT molecular complexity index is 529. The maximum Gasteiger partial charge on any atom is 0.165 e. The first-order chi connectivity index (χ1) is 7.34. The van der Waals surface area contributed by atoms with Crippen molar-refractivity contribution in [3.63, 3.8) is 0 Å². The molecule has 0 radical (unpaired) electrons. The largest absolute Gasteiger partial charge is 0.294 e. The summed E-state index contributed by atoms with van der Waals surface area (Å²) in [5.74, 6) is 0.583. The average molecular weight is 197 g/mol. The van der Waals surface area contributed by atoms with Crippen molar-refractivity contribution >= 4 is 16.7 Å². The molecule has 1 fully saturated rings. The third kappa shape index (κ3) is 1.52. The molecule has 1 aliphatic carbocycles. The average Bonchev–Trinajstić information content (AvgIpc) is 3.11. The topological polar surface area (TPSA) is 30.0 Å². The summed E-state index contributed by atoms with van der Waals surface area (Å²) in [6.45, 7) is 0. The van der Waals surface area contributed by atoms with Crippen LogP contribution in [0, 0.1) is 5.92 Å². The molecule has 0 N–H and O–H groups in total. The number of hydrogen-bond acceptors (Lipinski definition) is 2. The van der Waals surface area contributed by atoms with Crippen molar-refractivity contribution < 1.29 is 4.79 Å². The molecular weight excluding hydrogens is 186 g/mol. The zero-order chi connectivity index (χ0) is 10.3. The lowest BCUT2D eigenvalue weighted by molar-refractivity contribution is 0.0968. The van der Waals surface area contributed by atoms with Crippen molar-refractivity contribution in [2.24, 2.45) is 5.92 Å². The molecule has 2 aromatic rings. The molecule has 1 aliphatic rings. The lowest BCUT2D eigenvalue weighted by Crippen LogP contribution is -2.00. The van der Waals surface area contributed by atoms with Crippen molar-refractivity contribution in [2.75, 3.05) is 0 Å². The molecule has 1 saturated carbocycles. The monoisotopic (exact) mass is 197 g/mol. The zero-order valence-corrected chi connectivity index (χ0v) is 8.31. The molecule has 1 aromatic heterocycles. The molecule has 0 unspecified atom stereocenters. The van der Waals surface area contributed by atoms with Crippen LogP contribution in [0.15, 0.2) is 36.5 Å². The van der Waals surface area contributed by atoms with Crippen LogP contribution in [0.25, 0.3) is 10.9 Å². The number of fused-ring (bicyclic) bond motifs is 1. The number of aromatic nitrogens is 1. The van der Waals surface area contributed by atoms with Crippen molar-refractivity contribution in [1.82, 2.24) is 4.98 Å². The van der Waals surface area contributed by atoms with E-state index in [0.29, 0.717) is 11.7 Å². The van der Waals surface area contributed by atoms with E-state index < -0.39 is 0 Å². The summed E-state index contributed by atoms with van der Waals surface area (Å²) < 4.78 is 0. The first-order valence-electron chi connectivity index (χ1n) is 5.23. The van der Waals surface area contributed by atoms with E-state index in [1.165, 1.54) is 0 Å². The van der Waals surface area contributed by atoms with Crippen LogP contribution in [-0.2, 0) is 0 Å². The molecule has 1 heterocycles. The SMILES string of the molecule is O=C(c1ccc2ncccc2c1)C1CC1. The number of carbonyl (C=O) groups is 1. The highest BCUT2D eigenvalue weighted by molar-refractivity contribution is 6.01. The number of benzene rings is 1. The fraction of sp³-hybridized carbons (Fsp3) is 0.231. The van der Waals surface area contributed by atoms with Crippen LogP contribution in [0.4, 0.5) is 0 Å². The molecule has 2 heteroatoms. The molecule has 0 amide bonds. The van der Waals surface area contributed by atoms with E-state index in [1.54, 1.807) is 6.20 Å². The second-order valence-corrected chi connectivity index (χ2v) is 4.05. The molecule has 0 aliphatic heterocycles. The molecule has 3 rings (SSSR count). The first kappa shape index (κ1) is 8.60. The summed E-state index contributed by atoms with van der Waals surface area (Å²) in [5.41, 5.74) is 1.78. The summed E-state index contributed by atoms with van der Waals surface area (Å²) >= 11 is 0. The van der Waals surface area contributed by atoms with Gasteiger partial charge in [0.05, 0.1) is 5.52 Å². The second-order valence-electron chi connectivity index (χ2n) is 4.05. The number of carbonyl (C=O) groups excluding carboxylic acids is 1. The molecule has 0 saturated heterocycles. The van der Waals surface area contributed by atoms with E-state index in [-0.39, 0.29) is 0 Å². The van der Waals surface area contributed by atoms with Crippen molar-refractivity contribution in [2.45, 2.75) is 12.8 Å². The number of pyridine rings is 1. The van der Waals surface area contributed by atoms with Gasteiger partial charge in [-0.25, -0.2) is 0 Å². The van der Waals surface area contributed by atoms with Crippen LogP contribution in [0.3, 0.4) is 0 Å². The smallest absolute Gasteiger partial charge is 0.165 e. The number of rotatable bonds is 2. The van der Waals surface area contributed by atoms with Crippen LogP contribution in [-0.4, -0.2) is 10.8 Å². The predicted molar refractivity (Wildman–Crippen MR) is 58.8 cm³/mol. The number of ketones is 1. The van der Waals surface area contributed by atoms with Gasteiger partial charge in [-0.1, -0.05) is 6.07 Å². The van der Waals surface area contributed by atoms with Crippen molar-refractivity contribution in [3.8, 4) is 0 Å². The van der Waals surface area contributed by atoms with Gasteiger partial charge >= 0.3 is 0 Å². The summed E-state index contributed by atoms with van der Waals surface area (Å²) in [6.07, 6.45) is 3.89. The Morgan fingerprint density at radius 3 is 2.93 bits per heavy atom. The maximum atomic E-state index is 11.8. The Morgan fingerprint density at radius 2 is 2.13 bits per heavy atom. The van der Waals surface area contributed by atoms with Gasteiger partial charge in [-0.05, 0) is 37.1 Å². The summed E-state index contributed by atoms with van der Waals surface area (Å²) in [7, 11) is 0. The fourth-order valence-electron chi connectivity index (χ4n) is 1.81. The first-order valence-corrected chi connectivity index (χ1v) is 5.23. The highest BCUT2D eigenvalue weighted by atomic mass is 16.1. The van der Waals surface area contributed by atoms with Crippen molar-refractivity contribution in [3.05, 3.63) is 42.1 Å². The Morgan fingerprint density at radius 1 is 1.27 bits per heavy atom. The van der Waals surface area contributed by atoms with Gasteiger partial charge in [0.2, 0.25) is 0 Å². The Hall–Kier alpha value is -1.70. The van der Waals surface area contributed by atoms with Gasteiger partial charge in [-0.15, -0.1) is 0 Å². The summed E-state index contributed by atoms with van der Waals surface area (Å²) in [6, 6.07) is 9.64. The van der Waals surface area contributed by atoms with Crippen molar-refractivity contribution in [1.29, 1.82) is 0 Å². The van der Waals surface area contributed by atoms with Crippen LogP contribution in [0.2, 0.25) is 0 Å². The molecule has 2 nitrogen and oxygen atoms in total. The van der Waals surface area contributed by atoms with Gasteiger partial charge in [0.25, 0.3) is 0 Å². The lowest BCUT2D eigenvalue weighted by atomic mass is 10.0. The molecule has 1 aromatic carbocycles. The quantitative estimate of drug-likeness (QED) is 0.693. The highest BCUT2D eigenvalue weighted by Crippen LogP contribution is 2.33. The predicted octanol–water partition coefficient (Wildman–Crippen LogP) is 2.83. The third-order valence-electron chi connectivity index (χ3n) is 2.84. The van der Waals surface area contributed by atoms with Crippen LogP contribution >= 0.6 is 0 Å². The highest BCUT2D eigenvalue weighted by Gasteiger charge is 2.30. The van der Waals surface area contributed by atoms with Gasteiger partial charge in [-0.2, -0.15) is 0 Å². The standard InChI is InChI=1S/C13H11NO/c15-13(9-3-4-9)11-5-6-12-10(8-11)2-1-7-14-12/h1-2,5-9H,3-4H2. The molecule has 74 valence electrons. The number of hydrogen-bond donors (Lipinski definition) is 0. The van der Waals surface area contributed by atoms with Crippen LogP contribution in [0.5, 0.6) is 0 Å². The van der Waals surface area contributed by atoms with E-state index in [4.69, 9.17) is 0 Å². The van der Waals surface area contributed by atoms with Gasteiger partial charge < -0.3 is 0 Å². The number of Topliss-reactive ketones (excluding diaryl/α,β-unsaturated/α-hetero) is 1. The van der Waals surface area contributed by atoms with Crippen LogP contribution in [0.1, 0.15) is 23.2 Å². The van der Waals surface area contributed by atoms with E-state index in [2.05, 4.69) is 4.98 Å². The summed E-state index contributed by atoms with van der Waals surface area (Å²) in [4.78, 5) is 16.1. The van der Waals surface area contributed by atoms with E-state index in [1.807, 2.05) is 30.3 Å². The lowest BCUT2D eigenvalue weighted by Gasteiger charge is -2.00. The Balaban J connectivity index is 2.09. The molecular formula is C13H11NO. The Labute approximate surface area is 87.9 Å². The normalized spacial score (nSPS) is 15.5. The van der Waals surface area contributed by atoms with Gasteiger partial charge in [-0.3, -0.25) is 9.78 Å². The molecule has 15 heavy (non-hydrogen) atoms. The Kier molecular flexibility index (Phi) is 1.81. The maximum absolute atomic E-state index is 11.8. The third-order valence-corrected chi connectivity index (χ3v) is 2.84. The van der Waals surface area contributed by atoms with Crippen LogP contribution < -0.4 is 0 Å². The van der Waals surface area contributed by atoms with Gasteiger partial charge in [0, 0.05) is 23.1 Å². The minimum atomic E-state index is 0.291. The van der Waals surface area contributed by atoms with Gasteiger partial charge in [0.1, 0.15) is 0 Å². The zero-order valence-electron chi connectivity index (χ0n) is 8.31. The summed E-state index contributed by atoms with van der Waals surface area (Å²) in [5, 5.41) is 1.05. The molecule has 0 spiro atoms. The van der Waals surface area contributed by atoms with E-state index in [9.17, 15) is 4.79 Å². The van der Waals surface area contributed by atoms with E-state index in [0.717, 1.165) is 29.3 Å². The molecule has 0 atom stereocenters. The molecule has 0 bridgehead atoms. The van der Waals surface area contributed by atoms with E-state index >= 15 is 0 Å². The minimum absolute atomic E-state index is 0.291.